The summed E-state index contributed by atoms with van der Waals surface area (Å²) in [5.74, 6) is -0.583. The van der Waals surface area contributed by atoms with E-state index in [0.29, 0.717) is 12.8 Å². The van der Waals surface area contributed by atoms with Crippen molar-refractivity contribution in [3.8, 4) is 0 Å². The molecule has 0 saturated carbocycles. The summed E-state index contributed by atoms with van der Waals surface area (Å²) in [4.78, 5) is 12.4. The molecule has 6 nitrogen and oxygen atoms in total. The van der Waals surface area contributed by atoms with Crippen molar-refractivity contribution in [2.45, 2.75) is 218 Å². The Kier molecular flexibility index (Phi) is 31.2. The van der Waals surface area contributed by atoms with Crippen molar-refractivity contribution in [1.29, 1.82) is 0 Å². The van der Waals surface area contributed by atoms with E-state index >= 15 is 0 Å². The Morgan fingerprint density at radius 2 is 0.810 bits per heavy atom. The van der Waals surface area contributed by atoms with Gasteiger partial charge in [-0.15, -0.1) is 0 Å². The molecule has 0 spiro atoms. The predicted octanol–water partition coefficient (Wildman–Crippen LogP) is 8.51. The summed E-state index contributed by atoms with van der Waals surface area (Å²) in [5, 5.41) is 43.4. The third-order valence-electron chi connectivity index (χ3n) is 8.82. The molecule has 0 aromatic rings. The zero-order valence-electron chi connectivity index (χ0n) is 28.0. The molecule has 6 heteroatoms. The van der Waals surface area contributed by atoms with E-state index in [1.807, 2.05) is 0 Å². The normalized spacial score (nSPS) is 14.5. The zero-order valence-corrected chi connectivity index (χ0v) is 28.0. The van der Waals surface area contributed by atoms with E-state index < -0.39 is 36.9 Å². The molecule has 0 aromatic carbocycles. The van der Waals surface area contributed by atoms with Crippen LogP contribution in [0.5, 0.6) is 0 Å². The van der Waals surface area contributed by atoms with Gasteiger partial charge in [0.1, 0.15) is 12.2 Å². The Hall–Kier alpha value is -0.690. The van der Waals surface area contributed by atoms with Crippen LogP contribution in [0.3, 0.4) is 0 Å². The molecule has 0 aliphatic heterocycles. The van der Waals surface area contributed by atoms with E-state index in [-0.39, 0.29) is 0 Å². The first-order valence-corrected chi connectivity index (χ1v) is 18.4. The summed E-state index contributed by atoms with van der Waals surface area (Å²) in [6, 6.07) is -0.976. The van der Waals surface area contributed by atoms with Crippen LogP contribution in [0.2, 0.25) is 0 Å². The highest BCUT2D eigenvalue weighted by Gasteiger charge is 2.28. The first kappa shape index (κ1) is 41.3. The van der Waals surface area contributed by atoms with Crippen LogP contribution in [0.1, 0.15) is 194 Å². The fraction of sp³-hybridized carbons (Fsp3) is 0.972. The van der Waals surface area contributed by atoms with E-state index in [4.69, 9.17) is 0 Å². The smallest absolute Gasteiger partial charge is 0.249 e. The average Bonchev–Trinajstić information content (AvgIpc) is 2.99. The summed E-state index contributed by atoms with van der Waals surface area (Å²) in [6.45, 7) is 4.03. The van der Waals surface area contributed by atoms with Gasteiger partial charge in [0.2, 0.25) is 5.91 Å². The maximum Gasteiger partial charge on any atom is 0.249 e. The summed E-state index contributed by atoms with van der Waals surface area (Å²) in [5.41, 5.74) is 0. The lowest BCUT2D eigenvalue weighted by molar-refractivity contribution is -0.132. The highest BCUT2D eigenvalue weighted by atomic mass is 16.3. The molecule has 0 radical (unpaired) electrons. The lowest BCUT2D eigenvalue weighted by atomic mass is 9.99. The number of unbranched alkanes of at least 4 members (excludes halogenated alkanes) is 24. The Labute approximate surface area is 260 Å². The summed E-state index contributed by atoms with van der Waals surface area (Å²) < 4.78 is 0. The summed E-state index contributed by atoms with van der Waals surface area (Å²) in [6.07, 6.45) is 29.7. The van der Waals surface area contributed by atoms with Gasteiger partial charge < -0.3 is 25.7 Å². The number of rotatable bonds is 33. The van der Waals surface area contributed by atoms with Crippen molar-refractivity contribution in [1.82, 2.24) is 5.32 Å². The van der Waals surface area contributed by atoms with Crippen LogP contribution in [0.25, 0.3) is 0 Å². The van der Waals surface area contributed by atoms with Gasteiger partial charge in [0.25, 0.3) is 0 Å². The number of amides is 1. The van der Waals surface area contributed by atoms with Crippen LogP contribution in [-0.4, -0.2) is 57.3 Å². The number of carbonyl (C=O) groups excluding carboxylic acids is 1. The molecular weight excluding hydrogens is 526 g/mol. The van der Waals surface area contributed by atoms with Gasteiger partial charge in [-0.3, -0.25) is 4.79 Å². The molecule has 0 aromatic heterocycles. The molecule has 0 heterocycles. The Bertz CT molecular complexity index is 561. The molecular formula is C36H73NO5. The lowest BCUT2D eigenvalue weighted by Gasteiger charge is -2.27. The number of aliphatic hydroxyl groups excluding tert-OH is 4. The molecule has 4 atom stereocenters. The summed E-state index contributed by atoms with van der Waals surface area (Å²) >= 11 is 0. The highest BCUT2D eigenvalue weighted by Crippen LogP contribution is 2.16. The van der Waals surface area contributed by atoms with Crippen molar-refractivity contribution in [3.63, 3.8) is 0 Å². The fourth-order valence-corrected chi connectivity index (χ4v) is 5.81. The monoisotopic (exact) mass is 600 g/mol. The van der Waals surface area contributed by atoms with Gasteiger partial charge in [0.05, 0.1) is 18.8 Å². The molecule has 0 fully saturated rings. The standard InChI is InChI=1S/C36H73NO5/c1-3-5-7-9-11-13-15-17-18-20-22-24-26-28-30-34(40)36(42)37-32(31-38)35(41)33(39)29-27-25-23-21-19-16-14-12-10-8-6-4-2/h32-35,38-41H,3-31H2,1-2H3,(H,37,42)/t32-,33+,34+,35-/m0/s1. The number of hydrogen-bond acceptors (Lipinski definition) is 5. The van der Waals surface area contributed by atoms with Crippen LogP contribution in [-0.2, 0) is 4.79 Å². The Morgan fingerprint density at radius 1 is 0.500 bits per heavy atom. The second-order valence-corrected chi connectivity index (χ2v) is 12.9. The SMILES string of the molecule is CCCCCCCCCCCCCCCC[C@@H](O)C(=O)N[C@@H](CO)[C@H](O)[C@H](O)CCCCCCCCCCCCCC. The molecule has 0 aliphatic carbocycles. The molecule has 0 bridgehead atoms. The van der Waals surface area contributed by atoms with Gasteiger partial charge in [0.15, 0.2) is 0 Å². The quantitative estimate of drug-likeness (QED) is 0.0486. The van der Waals surface area contributed by atoms with Gasteiger partial charge in [-0.05, 0) is 12.8 Å². The van der Waals surface area contributed by atoms with E-state index in [1.165, 1.54) is 128 Å². The fourth-order valence-electron chi connectivity index (χ4n) is 5.81. The first-order valence-electron chi connectivity index (χ1n) is 18.4. The maximum atomic E-state index is 12.4. The molecule has 5 N–H and O–H groups in total. The van der Waals surface area contributed by atoms with Crippen molar-refractivity contribution in [2.75, 3.05) is 6.61 Å². The first-order chi connectivity index (χ1) is 20.5. The Morgan fingerprint density at radius 3 is 1.14 bits per heavy atom. The van der Waals surface area contributed by atoms with Gasteiger partial charge in [-0.2, -0.15) is 0 Å². The third kappa shape index (κ3) is 25.8. The zero-order chi connectivity index (χ0) is 31.1. The molecule has 0 unspecified atom stereocenters. The highest BCUT2D eigenvalue weighted by molar-refractivity contribution is 5.80. The van der Waals surface area contributed by atoms with Gasteiger partial charge >= 0.3 is 0 Å². The molecule has 0 rings (SSSR count). The van der Waals surface area contributed by atoms with Crippen LogP contribution >= 0.6 is 0 Å². The number of aliphatic hydroxyl groups is 4. The molecule has 42 heavy (non-hydrogen) atoms. The molecule has 0 saturated heterocycles. The van der Waals surface area contributed by atoms with Crippen LogP contribution in [0.4, 0.5) is 0 Å². The largest absolute Gasteiger partial charge is 0.394 e. The predicted molar refractivity (Wildman–Crippen MR) is 178 cm³/mol. The van der Waals surface area contributed by atoms with Gasteiger partial charge in [0, 0.05) is 0 Å². The maximum absolute atomic E-state index is 12.4. The number of nitrogens with one attached hydrogen (secondary N) is 1. The van der Waals surface area contributed by atoms with Crippen molar-refractivity contribution >= 4 is 5.91 Å². The average molecular weight is 600 g/mol. The van der Waals surface area contributed by atoms with Crippen LogP contribution in [0.15, 0.2) is 0 Å². The minimum Gasteiger partial charge on any atom is -0.394 e. The molecule has 1 amide bonds. The Balaban J connectivity index is 3.80. The topological polar surface area (TPSA) is 110 Å². The van der Waals surface area contributed by atoms with Crippen molar-refractivity contribution < 1.29 is 25.2 Å². The van der Waals surface area contributed by atoms with E-state index in [2.05, 4.69) is 19.2 Å². The minimum absolute atomic E-state index is 0.375. The van der Waals surface area contributed by atoms with Crippen LogP contribution < -0.4 is 5.32 Å². The van der Waals surface area contributed by atoms with E-state index in [0.717, 1.165) is 38.5 Å². The second kappa shape index (κ2) is 31.7. The molecule has 252 valence electrons. The lowest BCUT2D eigenvalue weighted by Crippen LogP contribution is -2.53. The van der Waals surface area contributed by atoms with Gasteiger partial charge in [-0.25, -0.2) is 0 Å². The van der Waals surface area contributed by atoms with Crippen LogP contribution in [0, 0.1) is 0 Å². The van der Waals surface area contributed by atoms with E-state index in [9.17, 15) is 25.2 Å². The minimum atomic E-state index is -1.25. The van der Waals surface area contributed by atoms with Crippen molar-refractivity contribution in [2.24, 2.45) is 0 Å². The second-order valence-electron chi connectivity index (χ2n) is 12.9. The molecule has 0 aliphatic rings. The third-order valence-corrected chi connectivity index (χ3v) is 8.82. The summed E-state index contributed by atoms with van der Waals surface area (Å²) in [7, 11) is 0. The van der Waals surface area contributed by atoms with E-state index in [1.54, 1.807) is 0 Å². The van der Waals surface area contributed by atoms with Crippen molar-refractivity contribution in [3.05, 3.63) is 0 Å². The number of carbonyl (C=O) groups is 1. The van der Waals surface area contributed by atoms with Gasteiger partial charge in [-0.1, -0.05) is 181 Å². The number of hydrogen-bond donors (Lipinski definition) is 5.